The van der Waals surface area contributed by atoms with E-state index < -0.39 is 10.0 Å². The smallest absolute Gasteiger partial charge is 0.263 e. The van der Waals surface area contributed by atoms with Gasteiger partial charge in [0.05, 0.1) is 11.2 Å². The Morgan fingerprint density at radius 1 is 1.00 bits per heavy atom. The quantitative estimate of drug-likeness (QED) is 0.437. The van der Waals surface area contributed by atoms with E-state index in [-0.39, 0.29) is 22.8 Å². The van der Waals surface area contributed by atoms with Crippen LogP contribution in [0.4, 0.5) is 11.8 Å². The second-order valence-corrected chi connectivity index (χ2v) is 11.9. The molecule has 0 saturated heterocycles. The van der Waals surface area contributed by atoms with Gasteiger partial charge in [-0.25, -0.2) is 13.4 Å². The SMILES string of the molecule is CC(C)c1ccc(S(=O)(=O)Nc2nc(NC3CCC(N)CC3)nc3c2ncn3C2CCCC2)cc1. The summed E-state index contributed by atoms with van der Waals surface area (Å²) in [5.41, 5.74) is 8.28. The van der Waals surface area contributed by atoms with E-state index in [0.29, 0.717) is 29.1 Å². The van der Waals surface area contributed by atoms with Crippen molar-refractivity contribution in [1.29, 1.82) is 0 Å². The Hall–Kier alpha value is -2.72. The highest BCUT2D eigenvalue weighted by Gasteiger charge is 2.26. The summed E-state index contributed by atoms with van der Waals surface area (Å²) in [4.78, 5) is 14.1. The van der Waals surface area contributed by atoms with E-state index in [1.54, 1.807) is 18.5 Å². The number of nitrogens with one attached hydrogen (secondary N) is 2. The number of rotatable bonds is 7. The molecule has 10 heteroatoms. The van der Waals surface area contributed by atoms with E-state index >= 15 is 0 Å². The minimum absolute atomic E-state index is 0.194. The fraction of sp³-hybridized carbons (Fsp3) is 0.560. The predicted octanol–water partition coefficient (Wildman–Crippen LogP) is 4.55. The molecule has 9 nitrogen and oxygen atoms in total. The minimum Gasteiger partial charge on any atom is -0.351 e. The number of imidazole rings is 1. The molecule has 35 heavy (non-hydrogen) atoms. The van der Waals surface area contributed by atoms with Gasteiger partial charge in [0.25, 0.3) is 10.0 Å². The Bertz CT molecular complexity index is 1270. The number of benzene rings is 1. The Morgan fingerprint density at radius 3 is 2.34 bits per heavy atom. The maximum absolute atomic E-state index is 13.3. The molecule has 2 fully saturated rings. The van der Waals surface area contributed by atoms with Gasteiger partial charge < -0.3 is 15.6 Å². The zero-order chi connectivity index (χ0) is 24.6. The average molecular weight is 498 g/mol. The number of hydrogen-bond donors (Lipinski definition) is 3. The third-order valence-electron chi connectivity index (χ3n) is 7.33. The van der Waals surface area contributed by atoms with E-state index in [4.69, 9.17) is 10.7 Å². The molecule has 2 aromatic heterocycles. The van der Waals surface area contributed by atoms with Crippen molar-refractivity contribution in [3.63, 3.8) is 0 Å². The van der Waals surface area contributed by atoms with E-state index in [2.05, 4.69) is 38.4 Å². The van der Waals surface area contributed by atoms with Gasteiger partial charge in [0, 0.05) is 18.1 Å². The fourth-order valence-electron chi connectivity index (χ4n) is 5.17. The van der Waals surface area contributed by atoms with Gasteiger partial charge in [-0.3, -0.25) is 4.72 Å². The lowest BCUT2D eigenvalue weighted by Crippen LogP contribution is -2.33. The van der Waals surface area contributed by atoms with Crippen LogP contribution in [0.15, 0.2) is 35.5 Å². The van der Waals surface area contributed by atoms with Crippen molar-refractivity contribution in [2.75, 3.05) is 10.0 Å². The molecular weight excluding hydrogens is 462 g/mol. The molecule has 4 N–H and O–H groups in total. The van der Waals surface area contributed by atoms with Crippen LogP contribution in [-0.4, -0.2) is 40.0 Å². The van der Waals surface area contributed by atoms with Crippen molar-refractivity contribution in [2.45, 2.75) is 94.2 Å². The van der Waals surface area contributed by atoms with Gasteiger partial charge in [0.15, 0.2) is 17.0 Å². The predicted molar refractivity (Wildman–Crippen MR) is 138 cm³/mol. The second-order valence-electron chi connectivity index (χ2n) is 10.2. The van der Waals surface area contributed by atoms with Crippen LogP contribution in [0.1, 0.15) is 82.7 Å². The first-order valence-electron chi connectivity index (χ1n) is 12.7. The molecule has 0 unspecified atom stereocenters. The summed E-state index contributed by atoms with van der Waals surface area (Å²) in [5, 5.41) is 3.43. The number of fused-ring (bicyclic) bond motifs is 1. The monoisotopic (exact) mass is 497 g/mol. The van der Waals surface area contributed by atoms with Crippen LogP contribution in [0, 0.1) is 0 Å². The standard InChI is InChI=1S/C25H35N7O2S/c1-16(2)17-7-13-21(14-8-17)35(33,34)31-23-22-24(32(15-27-22)20-5-3-4-6-20)30-25(29-23)28-19-11-9-18(26)10-12-19/h7-8,13-16,18-20H,3-6,9-12,26H2,1-2H3,(H2,28,29,30,31). The molecule has 0 radical (unpaired) electrons. The summed E-state index contributed by atoms with van der Waals surface area (Å²) in [5.74, 6) is 0.948. The first-order valence-corrected chi connectivity index (χ1v) is 14.2. The van der Waals surface area contributed by atoms with Crippen LogP contribution in [0.3, 0.4) is 0 Å². The fourth-order valence-corrected chi connectivity index (χ4v) is 6.18. The maximum Gasteiger partial charge on any atom is 0.263 e. The van der Waals surface area contributed by atoms with Gasteiger partial charge >= 0.3 is 0 Å². The highest BCUT2D eigenvalue weighted by molar-refractivity contribution is 7.92. The number of aromatic nitrogens is 4. The lowest BCUT2D eigenvalue weighted by Gasteiger charge is -2.27. The van der Waals surface area contributed by atoms with Crippen molar-refractivity contribution in [2.24, 2.45) is 5.73 Å². The molecule has 0 atom stereocenters. The van der Waals surface area contributed by atoms with Gasteiger partial charge in [0.2, 0.25) is 5.95 Å². The third kappa shape index (κ3) is 5.13. The molecule has 2 heterocycles. The van der Waals surface area contributed by atoms with Crippen LogP contribution in [-0.2, 0) is 10.0 Å². The van der Waals surface area contributed by atoms with E-state index in [1.807, 2.05) is 12.1 Å². The number of nitrogens with zero attached hydrogens (tertiary/aromatic N) is 4. The molecule has 0 spiro atoms. The zero-order valence-corrected chi connectivity index (χ0v) is 21.3. The first kappa shape index (κ1) is 24.0. The highest BCUT2D eigenvalue weighted by Crippen LogP contribution is 2.34. The van der Waals surface area contributed by atoms with Crippen molar-refractivity contribution >= 4 is 33.0 Å². The van der Waals surface area contributed by atoms with E-state index in [9.17, 15) is 8.42 Å². The molecule has 188 valence electrons. The zero-order valence-electron chi connectivity index (χ0n) is 20.4. The Balaban J connectivity index is 1.50. The third-order valence-corrected chi connectivity index (χ3v) is 8.69. The van der Waals surface area contributed by atoms with Gasteiger partial charge in [-0.2, -0.15) is 9.97 Å². The topological polar surface area (TPSA) is 128 Å². The average Bonchev–Trinajstić information content (AvgIpc) is 3.50. The van der Waals surface area contributed by atoms with Crippen LogP contribution >= 0.6 is 0 Å². The highest BCUT2D eigenvalue weighted by atomic mass is 32.2. The molecule has 0 bridgehead atoms. The number of sulfonamides is 1. The Kier molecular flexibility index (Phi) is 6.67. The van der Waals surface area contributed by atoms with Crippen LogP contribution in [0.2, 0.25) is 0 Å². The summed E-state index contributed by atoms with van der Waals surface area (Å²) >= 11 is 0. The van der Waals surface area contributed by atoms with Gasteiger partial charge in [-0.1, -0.05) is 38.8 Å². The normalized spacial score (nSPS) is 21.6. The van der Waals surface area contributed by atoms with Crippen molar-refractivity contribution in [3.8, 4) is 0 Å². The van der Waals surface area contributed by atoms with Gasteiger partial charge in [-0.15, -0.1) is 0 Å². The van der Waals surface area contributed by atoms with E-state index in [0.717, 1.165) is 44.1 Å². The molecule has 2 aliphatic carbocycles. The summed E-state index contributed by atoms with van der Waals surface area (Å²) in [6.07, 6.45) is 10.0. The van der Waals surface area contributed by atoms with Crippen molar-refractivity contribution in [1.82, 2.24) is 19.5 Å². The molecule has 2 aliphatic rings. The molecule has 0 amide bonds. The molecular formula is C25H35N7O2S. The van der Waals surface area contributed by atoms with Crippen molar-refractivity contribution < 1.29 is 8.42 Å². The number of anilines is 2. The largest absolute Gasteiger partial charge is 0.351 e. The van der Waals surface area contributed by atoms with Crippen LogP contribution in [0.5, 0.6) is 0 Å². The lowest BCUT2D eigenvalue weighted by molar-refractivity contribution is 0.410. The second kappa shape index (κ2) is 9.73. The summed E-state index contributed by atoms with van der Waals surface area (Å²) < 4.78 is 31.4. The van der Waals surface area contributed by atoms with Crippen LogP contribution < -0.4 is 15.8 Å². The van der Waals surface area contributed by atoms with Gasteiger partial charge in [0.1, 0.15) is 0 Å². The minimum atomic E-state index is -3.85. The molecule has 5 rings (SSSR count). The molecule has 0 aliphatic heterocycles. The van der Waals surface area contributed by atoms with Crippen molar-refractivity contribution in [3.05, 3.63) is 36.2 Å². The summed E-state index contributed by atoms with van der Waals surface area (Å²) in [7, 11) is -3.85. The maximum atomic E-state index is 13.3. The lowest BCUT2D eigenvalue weighted by atomic mass is 9.92. The summed E-state index contributed by atoms with van der Waals surface area (Å²) in [6.45, 7) is 4.16. The van der Waals surface area contributed by atoms with E-state index in [1.165, 1.54) is 12.8 Å². The Labute approximate surface area is 207 Å². The molecule has 1 aromatic carbocycles. The van der Waals surface area contributed by atoms with Gasteiger partial charge in [-0.05, 0) is 62.1 Å². The molecule has 2 saturated carbocycles. The number of nitrogens with two attached hydrogens (primary N) is 1. The van der Waals surface area contributed by atoms with Crippen LogP contribution in [0.25, 0.3) is 11.2 Å². The Morgan fingerprint density at radius 2 is 1.69 bits per heavy atom. The number of hydrogen-bond acceptors (Lipinski definition) is 7. The summed E-state index contributed by atoms with van der Waals surface area (Å²) in [6, 6.07) is 7.75. The molecule has 3 aromatic rings. The first-order chi connectivity index (χ1) is 16.8.